The Balaban J connectivity index is 2.00. The summed E-state index contributed by atoms with van der Waals surface area (Å²) in [6.07, 6.45) is 0. The van der Waals surface area contributed by atoms with E-state index in [2.05, 4.69) is 10.3 Å². The van der Waals surface area contributed by atoms with Crippen molar-refractivity contribution in [3.8, 4) is 0 Å². The number of carbonyl (C=O) groups is 1. The summed E-state index contributed by atoms with van der Waals surface area (Å²) < 4.78 is 27.9. The highest BCUT2D eigenvalue weighted by atomic mass is 35.5. The predicted octanol–water partition coefficient (Wildman–Crippen LogP) is 2.05. The van der Waals surface area contributed by atoms with Crippen molar-refractivity contribution in [3.63, 3.8) is 0 Å². The van der Waals surface area contributed by atoms with Crippen LogP contribution in [0, 0.1) is 0 Å². The summed E-state index contributed by atoms with van der Waals surface area (Å²) in [5.74, 6) is -0.362. The number of benzene rings is 1. The van der Waals surface area contributed by atoms with Crippen molar-refractivity contribution < 1.29 is 18.3 Å². The highest BCUT2D eigenvalue weighted by Gasteiger charge is 2.17. The highest BCUT2D eigenvalue weighted by Crippen LogP contribution is 2.30. The smallest absolute Gasteiger partial charge is 0.319 e. The molecule has 1 aromatic heterocycles. The minimum Gasteiger partial charge on any atom is -0.465 e. The van der Waals surface area contributed by atoms with Crippen LogP contribution in [0.15, 0.2) is 18.2 Å². The van der Waals surface area contributed by atoms with Crippen molar-refractivity contribution in [1.82, 2.24) is 10.3 Å². The van der Waals surface area contributed by atoms with Gasteiger partial charge in [-0.15, -0.1) is 0 Å². The van der Waals surface area contributed by atoms with E-state index in [4.69, 9.17) is 16.3 Å². The number of hydrogen-bond donors (Lipinski definition) is 2. The summed E-state index contributed by atoms with van der Waals surface area (Å²) >= 11 is 5.00. The van der Waals surface area contributed by atoms with Crippen LogP contribution in [0.2, 0.25) is 5.02 Å². The van der Waals surface area contributed by atoms with Gasteiger partial charge in [-0.2, -0.15) is 0 Å². The van der Waals surface area contributed by atoms with Crippen molar-refractivity contribution in [2.24, 2.45) is 0 Å². The zero-order valence-corrected chi connectivity index (χ0v) is 14.7. The van der Waals surface area contributed by atoms with Crippen LogP contribution in [-0.4, -0.2) is 46.0 Å². The Bertz CT molecular complexity index is 710. The van der Waals surface area contributed by atoms with E-state index in [-0.39, 0.29) is 19.1 Å². The van der Waals surface area contributed by atoms with Crippen LogP contribution in [-0.2, 0) is 20.8 Å². The number of hydrogen-bond acceptors (Lipinski definition) is 6. The Kier molecular flexibility index (Phi) is 6.72. The Hall–Kier alpha value is -1.26. The average molecular weight is 378 g/mol. The largest absolute Gasteiger partial charge is 0.465 e. The third-order valence-corrected chi connectivity index (χ3v) is 4.95. The predicted molar refractivity (Wildman–Crippen MR) is 92.2 cm³/mol. The lowest BCUT2D eigenvalue weighted by Crippen LogP contribution is -2.35. The molecule has 2 rings (SSSR count). The van der Waals surface area contributed by atoms with E-state index in [1.165, 1.54) is 15.6 Å². The maximum Gasteiger partial charge on any atom is 0.319 e. The molecule has 0 aliphatic carbocycles. The standard InChI is InChI=1S/C13H16ClN3O4S2/c1-2-21-12(18)8-15-5-6-17(23(19)20)13-16-10-7-9(14)3-4-11(10)22-13/h3-4,7,15H,2,5-6,8H2,1H3,(H,19,20). The Morgan fingerprint density at radius 3 is 3.04 bits per heavy atom. The van der Waals surface area contributed by atoms with Crippen molar-refractivity contribution in [3.05, 3.63) is 23.2 Å². The van der Waals surface area contributed by atoms with Gasteiger partial charge in [-0.05, 0) is 25.1 Å². The maximum atomic E-state index is 11.5. The van der Waals surface area contributed by atoms with Crippen molar-refractivity contribution >= 4 is 55.5 Å². The molecule has 0 aliphatic rings. The van der Waals surface area contributed by atoms with Crippen LogP contribution >= 0.6 is 22.9 Å². The molecule has 0 radical (unpaired) electrons. The molecule has 23 heavy (non-hydrogen) atoms. The first-order valence-electron chi connectivity index (χ1n) is 6.82. The molecule has 0 fully saturated rings. The first-order chi connectivity index (χ1) is 11.0. The zero-order valence-electron chi connectivity index (χ0n) is 12.3. The van der Waals surface area contributed by atoms with Gasteiger partial charge in [0, 0.05) is 18.1 Å². The van der Waals surface area contributed by atoms with Crippen LogP contribution in [0.4, 0.5) is 5.13 Å². The van der Waals surface area contributed by atoms with E-state index in [0.717, 1.165) is 4.70 Å². The number of nitrogens with one attached hydrogen (secondary N) is 1. The van der Waals surface area contributed by atoms with Gasteiger partial charge in [-0.1, -0.05) is 22.9 Å². The van der Waals surface area contributed by atoms with Crippen LogP contribution in [0.3, 0.4) is 0 Å². The molecule has 0 amide bonds. The molecule has 1 unspecified atom stereocenters. The molecule has 126 valence electrons. The number of nitrogens with zero attached hydrogens (tertiary/aromatic N) is 2. The molecule has 0 aliphatic heterocycles. The monoisotopic (exact) mass is 377 g/mol. The Morgan fingerprint density at radius 1 is 1.57 bits per heavy atom. The second-order valence-corrected chi connectivity index (χ2v) is 6.77. The summed E-state index contributed by atoms with van der Waals surface area (Å²) in [6, 6.07) is 5.26. The molecule has 1 heterocycles. The van der Waals surface area contributed by atoms with Crippen molar-refractivity contribution in [2.45, 2.75) is 6.92 Å². The molecule has 1 aromatic carbocycles. The highest BCUT2D eigenvalue weighted by molar-refractivity contribution is 7.81. The lowest BCUT2D eigenvalue weighted by atomic mass is 10.3. The molecule has 10 heteroatoms. The van der Waals surface area contributed by atoms with Crippen LogP contribution in [0.1, 0.15) is 6.92 Å². The van der Waals surface area contributed by atoms with E-state index in [1.807, 2.05) is 6.07 Å². The molecule has 0 spiro atoms. The minimum atomic E-state index is -2.21. The Morgan fingerprint density at radius 2 is 2.35 bits per heavy atom. The molecule has 2 aromatic rings. The van der Waals surface area contributed by atoms with Gasteiger partial charge in [0.05, 0.1) is 23.4 Å². The first kappa shape index (κ1) is 18.1. The number of anilines is 1. The number of rotatable bonds is 8. The fraction of sp³-hybridized carbons (Fsp3) is 0.385. The summed E-state index contributed by atoms with van der Waals surface area (Å²) in [5, 5.41) is 3.84. The van der Waals surface area contributed by atoms with Gasteiger partial charge in [-0.3, -0.25) is 9.35 Å². The lowest BCUT2D eigenvalue weighted by molar-refractivity contribution is -0.141. The molecular weight excluding hydrogens is 362 g/mol. The summed E-state index contributed by atoms with van der Waals surface area (Å²) in [5.41, 5.74) is 0.674. The SMILES string of the molecule is CCOC(=O)CNCCN(c1nc2cc(Cl)ccc2s1)S(=O)O. The van der Waals surface area contributed by atoms with Gasteiger partial charge in [0.25, 0.3) is 11.3 Å². The number of fused-ring (bicyclic) bond motifs is 1. The number of carbonyl (C=O) groups excluding carboxylic acids is 1. The minimum absolute atomic E-state index is 0.0508. The lowest BCUT2D eigenvalue weighted by Gasteiger charge is -2.16. The molecule has 7 nitrogen and oxygen atoms in total. The third-order valence-electron chi connectivity index (χ3n) is 2.81. The topological polar surface area (TPSA) is 91.8 Å². The Labute approximate surface area is 145 Å². The van der Waals surface area contributed by atoms with E-state index >= 15 is 0 Å². The molecule has 2 N–H and O–H groups in total. The van der Waals surface area contributed by atoms with Crippen molar-refractivity contribution in [2.75, 3.05) is 30.5 Å². The average Bonchev–Trinajstić information content (AvgIpc) is 2.89. The summed E-state index contributed by atoms with van der Waals surface area (Å²) in [7, 11) is 0. The first-order valence-corrected chi connectivity index (χ1v) is 9.08. The van der Waals surface area contributed by atoms with Gasteiger partial charge < -0.3 is 10.1 Å². The second kappa shape index (κ2) is 8.55. The second-order valence-electron chi connectivity index (χ2n) is 4.42. The summed E-state index contributed by atoms with van der Waals surface area (Å²) in [6.45, 7) is 2.66. The van der Waals surface area contributed by atoms with Crippen molar-refractivity contribution in [1.29, 1.82) is 0 Å². The quantitative estimate of drug-likeness (QED) is 0.415. The molecule has 0 saturated heterocycles. The van der Waals surface area contributed by atoms with Crippen LogP contribution < -0.4 is 9.62 Å². The number of esters is 1. The normalized spacial score (nSPS) is 12.3. The molecule has 0 saturated carbocycles. The van der Waals surface area contributed by atoms with E-state index in [1.54, 1.807) is 19.1 Å². The summed E-state index contributed by atoms with van der Waals surface area (Å²) in [4.78, 5) is 15.5. The van der Waals surface area contributed by atoms with Gasteiger partial charge >= 0.3 is 5.97 Å². The van der Waals surface area contributed by atoms with Gasteiger partial charge in [0.15, 0.2) is 5.13 Å². The fourth-order valence-corrected chi connectivity index (χ4v) is 3.59. The zero-order chi connectivity index (χ0) is 16.8. The van der Waals surface area contributed by atoms with Crippen LogP contribution in [0.25, 0.3) is 10.2 Å². The molecular formula is C13H16ClN3O4S2. The van der Waals surface area contributed by atoms with Gasteiger partial charge in [0.1, 0.15) is 0 Å². The van der Waals surface area contributed by atoms with Gasteiger partial charge in [0.2, 0.25) is 0 Å². The van der Waals surface area contributed by atoms with E-state index in [0.29, 0.717) is 28.8 Å². The number of thiazole rings is 1. The number of aromatic nitrogens is 1. The van der Waals surface area contributed by atoms with E-state index in [9.17, 15) is 13.6 Å². The number of halogens is 1. The van der Waals surface area contributed by atoms with E-state index < -0.39 is 11.3 Å². The number of ether oxygens (including phenoxy) is 1. The fourth-order valence-electron chi connectivity index (χ4n) is 1.82. The molecule has 0 bridgehead atoms. The van der Waals surface area contributed by atoms with Gasteiger partial charge in [-0.25, -0.2) is 13.5 Å². The maximum absolute atomic E-state index is 11.5. The molecule has 1 atom stereocenters. The third kappa shape index (κ3) is 5.11. The van der Waals surface area contributed by atoms with Crippen LogP contribution in [0.5, 0.6) is 0 Å².